The van der Waals surface area contributed by atoms with Crippen LogP contribution in [0.5, 0.6) is 11.5 Å². The van der Waals surface area contributed by atoms with Gasteiger partial charge in [-0.2, -0.15) is 0 Å². The summed E-state index contributed by atoms with van der Waals surface area (Å²) in [5, 5.41) is 6.66. The number of guanidine groups is 1. The SMILES string of the molecule is CCOc1cc2c(cc1CNC(=NC)NCCCOCc1ccco1)OC(C)C2. The Hall–Kier alpha value is -2.67. The highest BCUT2D eigenvalue weighted by Gasteiger charge is 2.21. The summed E-state index contributed by atoms with van der Waals surface area (Å²) in [5.41, 5.74) is 2.27. The van der Waals surface area contributed by atoms with Crippen molar-refractivity contribution >= 4 is 5.96 Å². The minimum absolute atomic E-state index is 0.215. The normalized spacial score (nSPS) is 15.7. The third-order valence-corrected chi connectivity index (χ3v) is 4.63. The van der Waals surface area contributed by atoms with E-state index in [-0.39, 0.29) is 6.10 Å². The van der Waals surface area contributed by atoms with Gasteiger partial charge in [0.25, 0.3) is 0 Å². The fourth-order valence-corrected chi connectivity index (χ4v) is 3.26. The molecular formula is C22H31N3O4. The molecule has 0 aliphatic carbocycles. The lowest BCUT2D eigenvalue weighted by molar-refractivity contribution is 0.105. The third-order valence-electron chi connectivity index (χ3n) is 4.63. The lowest BCUT2D eigenvalue weighted by atomic mass is 10.1. The van der Waals surface area contributed by atoms with Crippen molar-refractivity contribution in [3.63, 3.8) is 0 Å². The Morgan fingerprint density at radius 1 is 1.31 bits per heavy atom. The molecule has 1 unspecified atom stereocenters. The van der Waals surface area contributed by atoms with E-state index in [9.17, 15) is 0 Å². The monoisotopic (exact) mass is 401 g/mol. The Morgan fingerprint density at radius 2 is 2.21 bits per heavy atom. The number of fused-ring (bicyclic) bond motifs is 1. The summed E-state index contributed by atoms with van der Waals surface area (Å²) in [6, 6.07) is 7.95. The van der Waals surface area contributed by atoms with E-state index < -0.39 is 0 Å². The van der Waals surface area contributed by atoms with Crippen LogP contribution in [-0.4, -0.2) is 38.9 Å². The van der Waals surface area contributed by atoms with E-state index in [1.165, 1.54) is 5.56 Å². The van der Waals surface area contributed by atoms with Gasteiger partial charge in [0, 0.05) is 44.3 Å². The Labute approximate surface area is 172 Å². The predicted molar refractivity (Wildman–Crippen MR) is 113 cm³/mol. The van der Waals surface area contributed by atoms with Crippen LogP contribution < -0.4 is 20.1 Å². The van der Waals surface area contributed by atoms with Crippen molar-refractivity contribution in [3.05, 3.63) is 47.4 Å². The van der Waals surface area contributed by atoms with Crippen molar-refractivity contribution in [2.45, 2.75) is 45.9 Å². The van der Waals surface area contributed by atoms with Crippen LogP contribution in [0.4, 0.5) is 0 Å². The first kappa shape index (κ1) is 21.0. The van der Waals surface area contributed by atoms with E-state index in [4.69, 9.17) is 18.6 Å². The number of aliphatic imine (C=N–C) groups is 1. The Kier molecular flexibility index (Phi) is 7.81. The quantitative estimate of drug-likeness (QED) is 0.361. The highest BCUT2D eigenvalue weighted by Crippen LogP contribution is 2.35. The maximum atomic E-state index is 5.89. The Bertz CT molecular complexity index is 790. The topological polar surface area (TPSA) is 77.2 Å². The maximum absolute atomic E-state index is 5.89. The average Bonchev–Trinajstić information content (AvgIpc) is 3.35. The van der Waals surface area contributed by atoms with Crippen LogP contribution in [0.3, 0.4) is 0 Å². The second kappa shape index (κ2) is 10.8. The highest BCUT2D eigenvalue weighted by molar-refractivity contribution is 5.79. The molecule has 0 radical (unpaired) electrons. The molecule has 1 atom stereocenters. The Morgan fingerprint density at radius 3 is 2.97 bits per heavy atom. The van der Waals surface area contributed by atoms with Gasteiger partial charge in [0.2, 0.25) is 0 Å². The van der Waals surface area contributed by atoms with E-state index in [0.29, 0.717) is 26.4 Å². The standard InChI is InChI=1S/C22H31N3O4/c1-4-27-20-12-17-11-16(2)29-21(17)13-18(20)14-25-22(23-3)24-8-6-9-26-15-19-7-5-10-28-19/h5,7,10,12-13,16H,4,6,8-9,11,14-15H2,1-3H3,(H2,23,24,25). The molecule has 0 saturated carbocycles. The second-order valence-corrected chi connectivity index (χ2v) is 6.97. The molecule has 1 aromatic heterocycles. The number of ether oxygens (including phenoxy) is 3. The van der Waals surface area contributed by atoms with Crippen molar-refractivity contribution in [2.75, 3.05) is 26.8 Å². The van der Waals surface area contributed by atoms with Crippen LogP contribution in [0.25, 0.3) is 0 Å². The number of nitrogens with zero attached hydrogens (tertiary/aromatic N) is 1. The molecule has 0 fully saturated rings. The van der Waals surface area contributed by atoms with E-state index in [2.05, 4.69) is 34.7 Å². The van der Waals surface area contributed by atoms with Gasteiger partial charge < -0.3 is 29.3 Å². The van der Waals surface area contributed by atoms with Crippen molar-refractivity contribution in [2.24, 2.45) is 4.99 Å². The van der Waals surface area contributed by atoms with Crippen LogP contribution in [0.1, 0.15) is 37.2 Å². The number of nitrogens with one attached hydrogen (secondary N) is 2. The first-order valence-corrected chi connectivity index (χ1v) is 10.2. The summed E-state index contributed by atoms with van der Waals surface area (Å²) in [5.74, 6) is 3.44. The first-order valence-electron chi connectivity index (χ1n) is 10.2. The van der Waals surface area contributed by atoms with Crippen LogP contribution in [0.15, 0.2) is 39.9 Å². The number of hydrogen-bond acceptors (Lipinski definition) is 5. The zero-order chi connectivity index (χ0) is 20.5. The molecule has 3 rings (SSSR count). The fraction of sp³-hybridized carbons (Fsp3) is 0.500. The number of furan rings is 1. The summed E-state index contributed by atoms with van der Waals surface area (Å²) in [6.45, 7) is 7.24. The average molecular weight is 402 g/mol. The molecule has 1 aliphatic heterocycles. The molecule has 7 nitrogen and oxygen atoms in total. The summed E-state index contributed by atoms with van der Waals surface area (Å²) in [7, 11) is 1.76. The van der Waals surface area contributed by atoms with Gasteiger partial charge >= 0.3 is 0 Å². The van der Waals surface area contributed by atoms with Gasteiger partial charge in [-0.05, 0) is 44.5 Å². The molecule has 0 bridgehead atoms. The molecule has 2 N–H and O–H groups in total. The van der Waals surface area contributed by atoms with Gasteiger partial charge in [-0.3, -0.25) is 4.99 Å². The van der Waals surface area contributed by atoms with Crippen molar-refractivity contribution in [1.82, 2.24) is 10.6 Å². The van der Waals surface area contributed by atoms with E-state index in [1.54, 1.807) is 13.3 Å². The molecule has 1 aliphatic rings. The van der Waals surface area contributed by atoms with Gasteiger partial charge in [-0.1, -0.05) is 0 Å². The summed E-state index contributed by atoms with van der Waals surface area (Å²) in [6.07, 6.45) is 3.66. The zero-order valence-electron chi connectivity index (χ0n) is 17.5. The molecule has 0 amide bonds. The number of benzene rings is 1. The third kappa shape index (κ3) is 6.15. The highest BCUT2D eigenvalue weighted by atomic mass is 16.5. The number of rotatable bonds is 10. The lowest BCUT2D eigenvalue weighted by Gasteiger charge is -2.15. The predicted octanol–water partition coefficient (Wildman–Crippen LogP) is 3.27. The minimum atomic E-state index is 0.215. The molecule has 0 spiro atoms. The van der Waals surface area contributed by atoms with Gasteiger partial charge in [0.1, 0.15) is 30.0 Å². The minimum Gasteiger partial charge on any atom is -0.494 e. The molecule has 2 aromatic rings. The molecule has 29 heavy (non-hydrogen) atoms. The molecule has 7 heteroatoms. The molecule has 0 saturated heterocycles. The fourth-order valence-electron chi connectivity index (χ4n) is 3.26. The molecule has 158 valence electrons. The number of hydrogen-bond donors (Lipinski definition) is 2. The maximum Gasteiger partial charge on any atom is 0.191 e. The molecule has 1 aromatic carbocycles. The summed E-state index contributed by atoms with van der Waals surface area (Å²) in [4.78, 5) is 4.29. The van der Waals surface area contributed by atoms with Crippen molar-refractivity contribution in [3.8, 4) is 11.5 Å². The zero-order valence-corrected chi connectivity index (χ0v) is 17.5. The van der Waals surface area contributed by atoms with Gasteiger partial charge in [0.15, 0.2) is 5.96 Å². The lowest BCUT2D eigenvalue weighted by Crippen LogP contribution is -2.37. The smallest absolute Gasteiger partial charge is 0.191 e. The Balaban J connectivity index is 1.43. The largest absolute Gasteiger partial charge is 0.494 e. The van der Waals surface area contributed by atoms with Gasteiger partial charge in [0.05, 0.1) is 12.9 Å². The van der Waals surface area contributed by atoms with Crippen LogP contribution >= 0.6 is 0 Å². The van der Waals surface area contributed by atoms with Gasteiger partial charge in [-0.15, -0.1) is 0 Å². The molecule has 2 heterocycles. The first-order chi connectivity index (χ1) is 14.2. The van der Waals surface area contributed by atoms with Crippen molar-refractivity contribution < 1.29 is 18.6 Å². The van der Waals surface area contributed by atoms with E-state index in [0.717, 1.165) is 48.2 Å². The summed E-state index contributed by atoms with van der Waals surface area (Å²) < 4.78 is 22.6. The van der Waals surface area contributed by atoms with Crippen LogP contribution in [0, 0.1) is 0 Å². The van der Waals surface area contributed by atoms with E-state index in [1.807, 2.05) is 19.1 Å². The second-order valence-electron chi connectivity index (χ2n) is 6.97. The van der Waals surface area contributed by atoms with Gasteiger partial charge in [-0.25, -0.2) is 0 Å². The van der Waals surface area contributed by atoms with Crippen LogP contribution in [0.2, 0.25) is 0 Å². The molecular weight excluding hydrogens is 370 g/mol. The summed E-state index contributed by atoms with van der Waals surface area (Å²) >= 11 is 0. The van der Waals surface area contributed by atoms with E-state index >= 15 is 0 Å². The van der Waals surface area contributed by atoms with Crippen LogP contribution in [-0.2, 0) is 24.3 Å². The van der Waals surface area contributed by atoms with Crippen molar-refractivity contribution in [1.29, 1.82) is 0 Å².